The molecule has 3 rings (SSSR count). The summed E-state index contributed by atoms with van der Waals surface area (Å²) in [5.74, 6) is -1.11. The molecule has 1 heterocycles. The molecule has 14 heteroatoms. The number of guanidine groups is 1. The van der Waals surface area contributed by atoms with E-state index in [0.29, 0.717) is 37.5 Å². The monoisotopic (exact) mass is 602 g/mol. The Morgan fingerprint density at radius 1 is 0.953 bits per heavy atom. The van der Waals surface area contributed by atoms with Crippen LogP contribution in [0.3, 0.4) is 0 Å². The molecule has 0 spiro atoms. The second-order valence-electron chi connectivity index (χ2n) is 9.24. The Morgan fingerprint density at radius 3 is 2.02 bits per heavy atom. The molecule has 0 aliphatic carbocycles. The van der Waals surface area contributed by atoms with Gasteiger partial charge < -0.3 is 47.4 Å². The average Bonchev–Trinajstić information content (AvgIpc) is 3.51. The van der Waals surface area contributed by atoms with E-state index < -0.39 is 30.0 Å². The zero-order valence-corrected chi connectivity index (χ0v) is 24.5. The van der Waals surface area contributed by atoms with Crippen LogP contribution in [0.1, 0.15) is 43.5 Å². The highest BCUT2D eigenvalue weighted by molar-refractivity contribution is 5.88. The third kappa shape index (κ3) is 18.9. The molecule has 0 aliphatic heterocycles. The fourth-order valence-electron chi connectivity index (χ4n) is 2.97. The Morgan fingerprint density at radius 2 is 1.58 bits per heavy atom. The van der Waals surface area contributed by atoms with Gasteiger partial charge in [-0.05, 0) is 43.4 Å². The van der Waals surface area contributed by atoms with Crippen molar-refractivity contribution in [2.24, 2.45) is 33.8 Å². The molecular formula is C29H42N6O8. The number of benzene rings is 2. The van der Waals surface area contributed by atoms with E-state index in [2.05, 4.69) is 9.98 Å². The van der Waals surface area contributed by atoms with Crippen molar-refractivity contribution in [2.45, 2.75) is 45.2 Å². The van der Waals surface area contributed by atoms with Gasteiger partial charge in [0.2, 0.25) is 0 Å². The van der Waals surface area contributed by atoms with E-state index in [9.17, 15) is 14.4 Å². The number of hydrogen-bond acceptors (Lipinski definition) is 9. The van der Waals surface area contributed by atoms with Crippen molar-refractivity contribution in [1.29, 1.82) is 0 Å². The number of carboxylic acids is 3. The van der Waals surface area contributed by atoms with E-state index in [-0.39, 0.29) is 11.5 Å². The number of aromatic nitrogens is 1. The number of methoxy groups -OCH3 is 1. The molecule has 1 aromatic heterocycles. The van der Waals surface area contributed by atoms with E-state index in [0.717, 1.165) is 11.3 Å². The number of aliphatic carboxylic acids is 2. The Labute approximate surface area is 250 Å². The zero-order valence-electron chi connectivity index (χ0n) is 24.5. The van der Waals surface area contributed by atoms with Crippen molar-refractivity contribution >= 4 is 23.9 Å². The summed E-state index contributed by atoms with van der Waals surface area (Å²) in [6.45, 7) is 4.31. The minimum Gasteiger partial charge on any atom is -0.497 e. The molecule has 2 atom stereocenters. The lowest BCUT2D eigenvalue weighted by Gasteiger charge is -2.07. The number of ether oxygens (including phenoxy) is 1. The van der Waals surface area contributed by atoms with Crippen molar-refractivity contribution in [2.75, 3.05) is 13.7 Å². The highest BCUT2D eigenvalue weighted by atomic mass is 16.5. The van der Waals surface area contributed by atoms with Crippen LogP contribution < -0.4 is 27.7 Å². The number of aromatic carboxylic acids is 1. The van der Waals surface area contributed by atoms with Crippen molar-refractivity contribution < 1.29 is 38.9 Å². The maximum absolute atomic E-state index is 10.4. The fourth-order valence-corrected chi connectivity index (χ4v) is 2.97. The number of nitrogens with two attached hydrogens (primary N) is 4. The molecule has 0 aliphatic rings. The molecule has 236 valence electrons. The van der Waals surface area contributed by atoms with Crippen molar-refractivity contribution in [1.82, 2.24) is 4.98 Å². The van der Waals surface area contributed by atoms with E-state index in [1.807, 2.05) is 44.2 Å². The summed E-state index contributed by atoms with van der Waals surface area (Å²) in [6.07, 6.45) is 4.64. The maximum atomic E-state index is 10.4. The highest BCUT2D eigenvalue weighted by Gasteiger charge is 2.12. The van der Waals surface area contributed by atoms with E-state index >= 15 is 0 Å². The van der Waals surface area contributed by atoms with Crippen LogP contribution >= 0.6 is 0 Å². The topological polar surface area (TPSA) is 264 Å². The molecule has 0 saturated heterocycles. The van der Waals surface area contributed by atoms with Gasteiger partial charge in [0, 0.05) is 12.1 Å². The summed E-state index contributed by atoms with van der Waals surface area (Å²) in [7, 11) is 1.50. The van der Waals surface area contributed by atoms with E-state index in [1.165, 1.54) is 25.6 Å². The van der Waals surface area contributed by atoms with Crippen LogP contribution in [0.4, 0.5) is 0 Å². The van der Waals surface area contributed by atoms with Crippen LogP contribution in [0.15, 0.2) is 76.6 Å². The maximum Gasteiger partial charge on any atom is 0.335 e. The second kappa shape index (κ2) is 21.8. The van der Waals surface area contributed by atoms with Crippen molar-refractivity contribution in [3.63, 3.8) is 0 Å². The Balaban J connectivity index is 0.000000550. The van der Waals surface area contributed by atoms with Gasteiger partial charge in [-0.3, -0.25) is 14.6 Å². The molecule has 0 bridgehead atoms. The summed E-state index contributed by atoms with van der Waals surface area (Å²) in [5, 5.41) is 25.2. The average molecular weight is 603 g/mol. The van der Waals surface area contributed by atoms with Gasteiger partial charge in [-0.2, -0.15) is 0 Å². The number of rotatable bonds is 11. The predicted molar refractivity (Wildman–Crippen MR) is 162 cm³/mol. The van der Waals surface area contributed by atoms with Crippen LogP contribution in [-0.4, -0.2) is 69.9 Å². The van der Waals surface area contributed by atoms with E-state index in [1.54, 1.807) is 18.3 Å². The Bertz CT molecular complexity index is 1230. The molecule has 11 N–H and O–H groups in total. The van der Waals surface area contributed by atoms with Crippen LogP contribution in [0.5, 0.6) is 5.75 Å². The quantitative estimate of drug-likeness (QED) is 0.0946. The summed E-state index contributed by atoms with van der Waals surface area (Å²) in [5.41, 5.74) is 21.8. The number of nitrogens with zero attached hydrogens (tertiary/aromatic N) is 2. The molecule has 0 radical (unpaired) electrons. The van der Waals surface area contributed by atoms with Gasteiger partial charge >= 0.3 is 17.9 Å². The molecule has 2 aromatic carbocycles. The molecule has 0 unspecified atom stereocenters. The SMILES string of the molecule is CC(C)C[C@H](N)C(=O)O.COc1cccc(C(=O)O)c1.NC(N)=NCCC[C@H](N)C(=O)O.c1ccc(-c2cnco2)cc1. The summed E-state index contributed by atoms with van der Waals surface area (Å²) in [6, 6.07) is 14.7. The minimum absolute atomic E-state index is 0.0129. The molecule has 0 amide bonds. The zero-order chi connectivity index (χ0) is 32.8. The Hall–Kier alpha value is -4.95. The number of hydrogen-bond donors (Lipinski definition) is 7. The van der Waals surface area contributed by atoms with Crippen LogP contribution in [-0.2, 0) is 9.59 Å². The van der Waals surface area contributed by atoms with Crippen molar-refractivity contribution in [3.8, 4) is 17.1 Å². The first-order valence-electron chi connectivity index (χ1n) is 13.1. The second-order valence-corrected chi connectivity index (χ2v) is 9.24. The Kier molecular flexibility index (Phi) is 19.2. The lowest BCUT2D eigenvalue weighted by Crippen LogP contribution is -2.31. The van der Waals surface area contributed by atoms with Gasteiger partial charge in [-0.1, -0.05) is 50.2 Å². The van der Waals surface area contributed by atoms with Gasteiger partial charge in [-0.25, -0.2) is 9.78 Å². The number of carboxylic acid groups (broad SMARTS) is 3. The number of aliphatic imine (C=N–C) groups is 1. The van der Waals surface area contributed by atoms with Crippen LogP contribution in [0.2, 0.25) is 0 Å². The first-order chi connectivity index (χ1) is 20.3. The van der Waals surface area contributed by atoms with Gasteiger partial charge in [0.15, 0.2) is 18.1 Å². The van der Waals surface area contributed by atoms with Crippen LogP contribution in [0.25, 0.3) is 11.3 Å². The minimum atomic E-state index is -1.00. The highest BCUT2D eigenvalue weighted by Crippen LogP contribution is 2.16. The largest absolute Gasteiger partial charge is 0.497 e. The number of oxazole rings is 1. The first kappa shape index (κ1) is 38.0. The van der Waals surface area contributed by atoms with Gasteiger partial charge in [-0.15, -0.1) is 0 Å². The normalized spacial score (nSPS) is 11.1. The third-order valence-corrected chi connectivity index (χ3v) is 5.13. The lowest BCUT2D eigenvalue weighted by molar-refractivity contribution is -0.139. The third-order valence-electron chi connectivity index (χ3n) is 5.13. The number of carbonyl (C=O) groups is 3. The fraction of sp³-hybridized carbons (Fsp3) is 0.345. The lowest BCUT2D eigenvalue weighted by atomic mass is 10.1. The summed E-state index contributed by atoms with van der Waals surface area (Å²) in [4.78, 5) is 38.3. The molecular weight excluding hydrogens is 560 g/mol. The van der Waals surface area contributed by atoms with Gasteiger partial charge in [0.05, 0.1) is 18.9 Å². The smallest absolute Gasteiger partial charge is 0.335 e. The standard InChI is InChI=1S/C9H7NO.C8H8O3.C6H14N4O2.C6H13NO2/c1-2-4-8(5-3-1)9-6-10-7-11-9;1-11-7-4-2-3-6(5-7)8(9)10;7-4(5(11)12)2-1-3-10-6(8)9;1-4(2)3-5(7)6(8)9/h1-7H;2-5H,1H3,(H,9,10);4H,1-3,7H2,(H,11,12)(H4,8,9,10);4-5H,3,7H2,1-2H3,(H,8,9)/t;;4-;5-/m..00/s1. The van der Waals surface area contributed by atoms with E-state index in [4.69, 9.17) is 47.4 Å². The first-order valence-corrected chi connectivity index (χ1v) is 13.1. The summed E-state index contributed by atoms with van der Waals surface area (Å²) >= 11 is 0. The van der Waals surface area contributed by atoms with Crippen molar-refractivity contribution in [3.05, 3.63) is 72.8 Å². The summed E-state index contributed by atoms with van der Waals surface area (Å²) < 4.78 is 9.95. The molecule has 3 aromatic rings. The predicted octanol–water partition coefficient (Wildman–Crippen LogP) is 2.63. The van der Waals surface area contributed by atoms with Crippen LogP contribution in [0, 0.1) is 5.92 Å². The molecule has 0 fully saturated rings. The molecule has 14 nitrogen and oxygen atoms in total. The van der Waals surface area contributed by atoms with Gasteiger partial charge in [0.1, 0.15) is 17.8 Å². The van der Waals surface area contributed by atoms with Gasteiger partial charge in [0.25, 0.3) is 0 Å². The molecule has 0 saturated carbocycles. The molecule has 43 heavy (non-hydrogen) atoms.